The minimum atomic E-state index is 0.0754. The van der Waals surface area contributed by atoms with Crippen LogP contribution in [0.5, 0.6) is 0 Å². The van der Waals surface area contributed by atoms with E-state index < -0.39 is 0 Å². The first-order chi connectivity index (χ1) is 7.16. The molecule has 2 saturated carbocycles. The molecule has 0 aromatic rings. The number of amides is 1. The number of fused-ring (bicyclic) bond motifs is 1. The fourth-order valence-electron chi connectivity index (χ4n) is 3.11. The summed E-state index contributed by atoms with van der Waals surface area (Å²) < 4.78 is 0. The van der Waals surface area contributed by atoms with E-state index in [1.54, 1.807) is 0 Å². The molecule has 0 spiro atoms. The number of carbonyl (C=O) groups is 1. The van der Waals surface area contributed by atoms with E-state index in [1.807, 2.05) is 18.7 Å². The molecule has 0 aromatic carbocycles. The van der Waals surface area contributed by atoms with Crippen molar-refractivity contribution < 1.29 is 9.90 Å². The van der Waals surface area contributed by atoms with Crippen LogP contribution in [0.2, 0.25) is 0 Å². The van der Waals surface area contributed by atoms with E-state index in [9.17, 15) is 4.79 Å². The van der Waals surface area contributed by atoms with Gasteiger partial charge in [-0.2, -0.15) is 0 Å². The Morgan fingerprint density at radius 1 is 1.40 bits per heavy atom. The van der Waals surface area contributed by atoms with Gasteiger partial charge in [0.25, 0.3) is 0 Å². The monoisotopic (exact) mass is 211 g/mol. The summed E-state index contributed by atoms with van der Waals surface area (Å²) in [5, 5.41) is 8.95. The summed E-state index contributed by atoms with van der Waals surface area (Å²) in [6.07, 6.45) is 3.79. The molecule has 2 fully saturated rings. The van der Waals surface area contributed by atoms with Crippen molar-refractivity contribution in [3.8, 4) is 0 Å². The molecule has 0 heterocycles. The molecule has 1 N–H and O–H groups in total. The van der Waals surface area contributed by atoms with E-state index in [1.165, 1.54) is 19.3 Å². The predicted octanol–water partition coefficient (Wildman–Crippen LogP) is 1.26. The smallest absolute Gasteiger partial charge is 0.226 e. The third-order valence-corrected chi connectivity index (χ3v) is 3.94. The Labute approximate surface area is 91.5 Å². The Balaban J connectivity index is 1.94. The van der Waals surface area contributed by atoms with E-state index >= 15 is 0 Å². The summed E-state index contributed by atoms with van der Waals surface area (Å²) in [4.78, 5) is 14.0. The van der Waals surface area contributed by atoms with Crippen molar-refractivity contribution in [3.63, 3.8) is 0 Å². The zero-order valence-electron chi connectivity index (χ0n) is 9.65. The van der Waals surface area contributed by atoms with Crippen molar-refractivity contribution in [2.45, 2.75) is 39.2 Å². The molecule has 0 saturated heterocycles. The predicted molar refractivity (Wildman–Crippen MR) is 58.3 cm³/mol. The minimum Gasteiger partial charge on any atom is -0.395 e. The second kappa shape index (κ2) is 4.12. The Morgan fingerprint density at radius 3 is 2.47 bits per heavy atom. The van der Waals surface area contributed by atoms with E-state index in [0.717, 1.165) is 0 Å². The molecular weight excluding hydrogens is 190 g/mol. The van der Waals surface area contributed by atoms with Crippen molar-refractivity contribution in [3.05, 3.63) is 0 Å². The molecule has 2 aliphatic carbocycles. The van der Waals surface area contributed by atoms with Crippen molar-refractivity contribution in [2.75, 3.05) is 13.2 Å². The van der Waals surface area contributed by atoms with Gasteiger partial charge in [-0.3, -0.25) is 4.79 Å². The molecule has 0 aromatic heterocycles. The van der Waals surface area contributed by atoms with E-state index in [4.69, 9.17) is 5.11 Å². The van der Waals surface area contributed by atoms with Gasteiger partial charge in [-0.15, -0.1) is 0 Å². The average molecular weight is 211 g/mol. The largest absolute Gasteiger partial charge is 0.395 e. The van der Waals surface area contributed by atoms with Gasteiger partial charge in [0.1, 0.15) is 0 Å². The first-order valence-electron chi connectivity index (χ1n) is 6.08. The van der Waals surface area contributed by atoms with Crippen LogP contribution in [0.4, 0.5) is 0 Å². The lowest BCUT2D eigenvalue weighted by atomic mass is 10.1. The van der Waals surface area contributed by atoms with Crippen molar-refractivity contribution in [2.24, 2.45) is 17.8 Å². The molecule has 0 bridgehead atoms. The van der Waals surface area contributed by atoms with Gasteiger partial charge in [-0.25, -0.2) is 0 Å². The Morgan fingerprint density at radius 2 is 2.00 bits per heavy atom. The highest BCUT2D eigenvalue weighted by Gasteiger charge is 2.57. The second-order valence-electron chi connectivity index (χ2n) is 5.13. The molecular formula is C12H21NO2. The summed E-state index contributed by atoms with van der Waals surface area (Å²) in [6.45, 7) is 4.61. The van der Waals surface area contributed by atoms with Crippen LogP contribution in [0.3, 0.4) is 0 Å². The van der Waals surface area contributed by atoms with Gasteiger partial charge in [-0.05, 0) is 38.5 Å². The third-order valence-electron chi connectivity index (χ3n) is 3.94. The molecule has 0 aliphatic heterocycles. The summed E-state index contributed by atoms with van der Waals surface area (Å²) in [6, 6.07) is 0.214. The van der Waals surface area contributed by atoms with Crippen LogP contribution in [0.25, 0.3) is 0 Å². The van der Waals surface area contributed by atoms with Crippen molar-refractivity contribution >= 4 is 5.91 Å². The maximum absolute atomic E-state index is 12.2. The second-order valence-corrected chi connectivity index (χ2v) is 5.13. The Hall–Kier alpha value is -0.570. The zero-order chi connectivity index (χ0) is 11.0. The van der Waals surface area contributed by atoms with Crippen LogP contribution in [0.1, 0.15) is 33.1 Å². The molecule has 2 aliphatic rings. The molecule has 86 valence electrons. The quantitative estimate of drug-likeness (QED) is 0.760. The lowest BCUT2D eigenvalue weighted by Crippen LogP contribution is -2.40. The molecule has 2 unspecified atom stereocenters. The van der Waals surface area contributed by atoms with Crippen LogP contribution in [-0.2, 0) is 4.79 Å². The Kier molecular flexibility index (Phi) is 3.01. The van der Waals surface area contributed by atoms with Crippen LogP contribution in [0, 0.1) is 17.8 Å². The number of nitrogens with zero attached hydrogens (tertiary/aromatic N) is 1. The molecule has 3 nitrogen and oxygen atoms in total. The summed E-state index contributed by atoms with van der Waals surface area (Å²) in [5.74, 6) is 1.94. The first kappa shape index (κ1) is 10.9. The van der Waals surface area contributed by atoms with Gasteiger partial charge >= 0.3 is 0 Å². The molecule has 0 radical (unpaired) electrons. The molecule has 2 rings (SSSR count). The highest BCUT2D eigenvalue weighted by molar-refractivity contribution is 5.82. The Bertz CT molecular complexity index is 242. The van der Waals surface area contributed by atoms with Crippen LogP contribution >= 0.6 is 0 Å². The maximum Gasteiger partial charge on any atom is 0.226 e. The first-order valence-corrected chi connectivity index (χ1v) is 6.08. The summed E-state index contributed by atoms with van der Waals surface area (Å²) in [7, 11) is 0. The van der Waals surface area contributed by atoms with Gasteiger partial charge in [-0.1, -0.05) is 6.42 Å². The minimum absolute atomic E-state index is 0.0754. The average Bonchev–Trinajstić information content (AvgIpc) is 2.67. The van der Waals surface area contributed by atoms with E-state index in [-0.39, 0.29) is 18.6 Å². The molecule has 3 heteroatoms. The SMILES string of the molecule is CC(C)N(CCO)C(=O)C1C2CCCC21. The topological polar surface area (TPSA) is 40.5 Å². The fourth-order valence-corrected chi connectivity index (χ4v) is 3.11. The normalized spacial score (nSPS) is 32.9. The van der Waals surface area contributed by atoms with Crippen LogP contribution in [-0.4, -0.2) is 35.1 Å². The van der Waals surface area contributed by atoms with Crippen LogP contribution < -0.4 is 0 Å². The highest BCUT2D eigenvalue weighted by atomic mass is 16.3. The number of carbonyl (C=O) groups excluding carboxylic acids is 1. The summed E-state index contributed by atoms with van der Waals surface area (Å²) in [5.41, 5.74) is 0. The number of aliphatic hydroxyl groups excluding tert-OH is 1. The number of rotatable bonds is 4. The standard InChI is InChI=1S/C12H21NO2/c1-8(2)13(6-7-14)12(15)11-9-4-3-5-10(9)11/h8-11,14H,3-7H2,1-2H3. The fraction of sp³-hybridized carbons (Fsp3) is 0.917. The van der Waals surface area contributed by atoms with E-state index in [0.29, 0.717) is 24.3 Å². The number of aliphatic hydroxyl groups is 1. The number of hydrogen-bond acceptors (Lipinski definition) is 2. The van der Waals surface area contributed by atoms with Gasteiger partial charge in [0.15, 0.2) is 0 Å². The molecule has 1 amide bonds. The van der Waals surface area contributed by atoms with Crippen molar-refractivity contribution in [1.82, 2.24) is 4.90 Å². The zero-order valence-corrected chi connectivity index (χ0v) is 9.65. The summed E-state index contributed by atoms with van der Waals surface area (Å²) >= 11 is 0. The highest BCUT2D eigenvalue weighted by Crippen LogP contribution is 2.58. The van der Waals surface area contributed by atoms with Gasteiger partial charge in [0, 0.05) is 18.5 Å². The van der Waals surface area contributed by atoms with E-state index in [2.05, 4.69) is 0 Å². The lowest BCUT2D eigenvalue weighted by molar-refractivity contribution is -0.135. The molecule has 15 heavy (non-hydrogen) atoms. The molecule has 2 atom stereocenters. The number of hydrogen-bond donors (Lipinski definition) is 1. The van der Waals surface area contributed by atoms with Gasteiger partial charge in [0.05, 0.1) is 6.61 Å². The van der Waals surface area contributed by atoms with Gasteiger partial charge in [0.2, 0.25) is 5.91 Å². The lowest BCUT2D eigenvalue weighted by Gasteiger charge is -2.26. The maximum atomic E-state index is 12.2. The van der Waals surface area contributed by atoms with Crippen LogP contribution in [0.15, 0.2) is 0 Å². The third kappa shape index (κ3) is 1.89. The van der Waals surface area contributed by atoms with Crippen molar-refractivity contribution in [1.29, 1.82) is 0 Å². The van der Waals surface area contributed by atoms with Gasteiger partial charge < -0.3 is 10.0 Å².